The highest BCUT2D eigenvalue weighted by atomic mass is 19.1. The van der Waals surface area contributed by atoms with Crippen LogP contribution < -0.4 is 10.1 Å². The first kappa shape index (κ1) is 13.3. The monoisotopic (exact) mass is 262 g/mol. The van der Waals surface area contributed by atoms with Crippen LogP contribution in [0.15, 0.2) is 36.5 Å². The van der Waals surface area contributed by atoms with E-state index in [2.05, 4.69) is 10.3 Å². The Labute approximate surface area is 110 Å². The second-order valence-corrected chi connectivity index (χ2v) is 4.10. The fraction of sp³-hybridized carbons (Fsp3) is 0.214. The summed E-state index contributed by atoms with van der Waals surface area (Å²) in [7, 11) is 1.57. The lowest BCUT2D eigenvalue weighted by Gasteiger charge is -2.06. The van der Waals surface area contributed by atoms with Crippen molar-refractivity contribution in [3.05, 3.63) is 53.5 Å². The fourth-order valence-electron chi connectivity index (χ4n) is 1.65. The van der Waals surface area contributed by atoms with Gasteiger partial charge in [0.1, 0.15) is 0 Å². The molecule has 1 aromatic heterocycles. The number of hydrogen-bond donors (Lipinski definition) is 2. The number of phenolic OH excluding ortho intramolecular Hbond substituents is 1. The molecule has 0 aliphatic heterocycles. The van der Waals surface area contributed by atoms with Crippen LogP contribution in [0.4, 0.5) is 4.39 Å². The lowest BCUT2D eigenvalue weighted by atomic mass is 10.2. The average Bonchev–Trinajstić information content (AvgIpc) is 2.43. The van der Waals surface area contributed by atoms with Gasteiger partial charge in [-0.1, -0.05) is 12.1 Å². The van der Waals surface area contributed by atoms with Gasteiger partial charge in [0.25, 0.3) is 0 Å². The molecule has 5 heteroatoms. The van der Waals surface area contributed by atoms with E-state index in [0.29, 0.717) is 19.0 Å². The van der Waals surface area contributed by atoms with Crippen molar-refractivity contribution in [3.8, 4) is 11.6 Å². The highest BCUT2D eigenvalue weighted by molar-refractivity contribution is 5.28. The molecule has 0 amide bonds. The van der Waals surface area contributed by atoms with Crippen LogP contribution >= 0.6 is 0 Å². The van der Waals surface area contributed by atoms with E-state index in [1.807, 2.05) is 6.07 Å². The van der Waals surface area contributed by atoms with E-state index < -0.39 is 5.82 Å². The molecular formula is C14H15FN2O2. The van der Waals surface area contributed by atoms with Crippen molar-refractivity contribution < 1.29 is 14.2 Å². The molecule has 0 atom stereocenters. The van der Waals surface area contributed by atoms with Gasteiger partial charge in [-0.25, -0.2) is 9.37 Å². The molecule has 0 saturated heterocycles. The molecule has 4 nitrogen and oxygen atoms in total. The minimum atomic E-state index is -0.606. The van der Waals surface area contributed by atoms with Crippen molar-refractivity contribution >= 4 is 0 Å². The third-order valence-electron chi connectivity index (χ3n) is 2.68. The topological polar surface area (TPSA) is 54.4 Å². The van der Waals surface area contributed by atoms with Gasteiger partial charge < -0.3 is 15.2 Å². The Hall–Kier alpha value is -2.14. The number of halogens is 1. The smallest absolute Gasteiger partial charge is 0.212 e. The maximum Gasteiger partial charge on any atom is 0.212 e. The third kappa shape index (κ3) is 3.66. The second kappa shape index (κ2) is 6.15. The molecule has 19 heavy (non-hydrogen) atoms. The SMILES string of the molecule is COc1ccc(CNCc2ccc(O)c(F)c2)cn1. The lowest BCUT2D eigenvalue weighted by Crippen LogP contribution is -2.12. The molecular weight excluding hydrogens is 247 g/mol. The summed E-state index contributed by atoms with van der Waals surface area (Å²) in [5.74, 6) is -0.363. The third-order valence-corrected chi connectivity index (χ3v) is 2.68. The number of aromatic hydroxyl groups is 1. The van der Waals surface area contributed by atoms with Crippen LogP contribution in [0.3, 0.4) is 0 Å². The van der Waals surface area contributed by atoms with Gasteiger partial charge in [-0.05, 0) is 23.3 Å². The largest absolute Gasteiger partial charge is 0.505 e. The fourth-order valence-corrected chi connectivity index (χ4v) is 1.65. The summed E-state index contributed by atoms with van der Waals surface area (Å²) in [6, 6.07) is 8.04. The molecule has 0 unspecified atom stereocenters. The number of aromatic nitrogens is 1. The van der Waals surface area contributed by atoms with Gasteiger partial charge in [0.15, 0.2) is 11.6 Å². The first-order chi connectivity index (χ1) is 9.19. The van der Waals surface area contributed by atoms with E-state index in [1.54, 1.807) is 25.4 Å². The summed E-state index contributed by atoms with van der Waals surface area (Å²) in [6.07, 6.45) is 1.73. The molecule has 0 saturated carbocycles. The van der Waals surface area contributed by atoms with Crippen molar-refractivity contribution in [2.75, 3.05) is 7.11 Å². The van der Waals surface area contributed by atoms with Crippen LogP contribution in [0.2, 0.25) is 0 Å². The van der Waals surface area contributed by atoms with Crippen LogP contribution in [0.5, 0.6) is 11.6 Å². The number of pyridine rings is 1. The molecule has 1 heterocycles. The number of nitrogens with one attached hydrogen (secondary N) is 1. The Kier molecular flexibility index (Phi) is 4.30. The first-order valence-corrected chi connectivity index (χ1v) is 5.86. The number of phenols is 1. The van der Waals surface area contributed by atoms with Crippen molar-refractivity contribution in [2.24, 2.45) is 0 Å². The Bertz CT molecular complexity index is 544. The summed E-state index contributed by atoms with van der Waals surface area (Å²) in [4.78, 5) is 4.09. The maximum atomic E-state index is 13.1. The molecule has 100 valence electrons. The Morgan fingerprint density at radius 3 is 2.58 bits per heavy atom. The van der Waals surface area contributed by atoms with Gasteiger partial charge in [0.05, 0.1) is 7.11 Å². The van der Waals surface area contributed by atoms with Gasteiger partial charge in [-0.2, -0.15) is 0 Å². The number of rotatable bonds is 5. The zero-order chi connectivity index (χ0) is 13.7. The Balaban J connectivity index is 1.86. The van der Waals surface area contributed by atoms with E-state index in [1.165, 1.54) is 12.1 Å². The highest BCUT2D eigenvalue weighted by Crippen LogP contribution is 2.16. The Morgan fingerprint density at radius 1 is 1.21 bits per heavy atom. The summed E-state index contributed by atoms with van der Waals surface area (Å²) in [5.41, 5.74) is 1.79. The number of hydrogen-bond acceptors (Lipinski definition) is 4. The van der Waals surface area contributed by atoms with Gasteiger partial charge in [0.2, 0.25) is 5.88 Å². The normalized spacial score (nSPS) is 10.4. The minimum Gasteiger partial charge on any atom is -0.505 e. The van der Waals surface area contributed by atoms with Crippen LogP contribution in [0.25, 0.3) is 0 Å². The molecule has 2 N–H and O–H groups in total. The van der Waals surface area contributed by atoms with Gasteiger partial charge in [0, 0.05) is 25.4 Å². The van der Waals surface area contributed by atoms with Gasteiger partial charge in [-0.15, -0.1) is 0 Å². The van der Waals surface area contributed by atoms with Crippen LogP contribution in [-0.2, 0) is 13.1 Å². The number of benzene rings is 1. The maximum absolute atomic E-state index is 13.1. The van der Waals surface area contributed by atoms with Crippen molar-refractivity contribution in [1.29, 1.82) is 0 Å². The molecule has 0 radical (unpaired) electrons. The highest BCUT2D eigenvalue weighted by Gasteiger charge is 2.01. The van der Waals surface area contributed by atoms with E-state index >= 15 is 0 Å². The Morgan fingerprint density at radius 2 is 1.95 bits per heavy atom. The lowest BCUT2D eigenvalue weighted by molar-refractivity contribution is 0.397. The predicted octanol–water partition coefficient (Wildman–Crippen LogP) is 2.22. The zero-order valence-electron chi connectivity index (χ0n) is 10.6. The van der Waals surface area contributed by atoms with Crippen LogP contribution in [0, 0.1) is 5.82 Å². The van der Waals surface area contributed by atoms with Gasteiger partial charge in [-0.3, -0.25) is 0 Å². The molecule has 0 spiro atoms. The summed E-state index contributed by atoms with van der Waals surface area (Å²) in [5, 5.41) is 12.3. The summed E-state index contributed by atoms with van der Waals surface area (Å²) < 4.78 is 18.1. The zero-order valence-corrected chi connectivity index (χ0v) is 10.6. The molecule has 0 fully saturated rings. The molecule has 0 bridgehead atoms. The second-order valence-electron chi connectivity index (χ2n) is 4.10. The first-order valence-electron chi connectivity index (χ1n) is 5.86. The van der Waals surface area contributed by atoms with Crippen LogP contribution in [-0.4, -0.2) is 17.2 Å². The quantitative estimate of drug-likeness (QED) is 0.867. The molecule has 0 aliphatic carbocycles. The molecule has 2 aromatic rings. The molecule has 0 aliphatic rings. The number of nitrogens with zero attached hydrogens (tertiary/aromatic N) is 1. The summed E-state index contributed by atoms with van der Waals surface area (Å²) >= 11 is 0. The predicted molar refractivity (Wildman–Crippen MR) is 69.4 cm³/mol. The van der Waals surface area contributed by atoms with E-state index in [9.17, 15) is 4.39 Å². The van der Waals surface area contributed by atoms with Crippen LogP contribution in [0.1, 0.15) is 11.1 Å². The van der Waals surface area contributed by atoms with E-state index in [0.717, 1.165) is 11.1 Å². The van der Waals surface area contributed by atoms with E-state index in [4.69, 9.17) is 9.84 Å². The number of methoxy groups -OCH3 is 1. The summed E-state index contributed by atoms with van der Waals surface area (Å²) in [6.45, 7) is 1.14. The average molecular weight is 262 g/mol. The molecule has 2 rings (SSSR count). The molecule has 1 aromatic carbocycles. The van der Waals surface area contributed by atoms with Crippen molar-refractivity contribution in [2.45, 2.75) is 13.1 Å². The standard InChI is InChI=1S/C14H15FN2O2/c1-19-14-5-3-11(9-17-14)8-16-7-10-2-4-13(18)12(15)6-10/h2-6,9,16,18H,7-8H2,1H3. The van der Waals surface area contributed by atoms with Crippen molar-refractivity contribution in [1.82, 2.24) is 10.3 Å². The minimum absolute atomic E-state index is 0.330. The van der Waals surface area contributed by atoms with Gasteiger partial charge >= 0.3 is 0 Å². The van der Waals surface area contributed by atoms with E-state index in [-0.39, 0.29) is 5.75 Å². The number of ether oxygens (including phenoxy) is 1. The van der Waals surface area contributed by atoms with Crippen molar-refractivity contribution in [3.63, 3.8) is 0 Å².